The summed E-state index contributed by atoms with van der Waals surface area (Å²) in [5, 5.41) is 12.1. The van der Waals surface area contributed by atoms with Crippen LogP contribution in [0.5, 0.6) is 0 Å². The lowest BCUT2D eigenvalue weighted by atomic mass is 9.99. The zero-order valence-electron chi connectivity index (χ0n) is 13.3. The van der Waals surface area contributed by atoms with Gasteiger partial charge in [0.25, 0.3) is 0 Å². The van der Waals surface area contributed by atoms with Crippen molar-refractivity contribution >= 4 is 17.3 Å². The molecular formula is C17H27N3O2. The van der Waals surface area contributed by atoms with Crippen molar-refractivity contribution in [3.05, 3.63) is 23.8 Å². The Kier molecular flexibility index (Phi) is 6.21. The van der Waals surface area contributed by atoms with Crippen LogP contribution in [0.4, 0.5) is 11.4 Å². The number of anilines is 2. The van der Waals surface area contributed by atoms with Crippen LogP contribution in [0, 0.1) is 0 Å². The monoisotopic (exact) mass is 305 g/mol. The molecule has 4 N–H and O–H groups in total. The van der Waals surface area contributed by atoms with Crippen molar-refractivity contribution in [1.82, 2.24) is 4.90 Å². The maximum Gasteiger partial charge on any atom is 0.238 e. The average Bonchev–Trinajstić information content (AvgIpc) is 2.49. The zero-order chi connectivity index (χ0) is 15.9. The molecule has 0 aromatic heterocycles. The highest BCUT2D eigenvalue weighted by atomic mass is 16.3. The summed E-state index contributed by atoms with van der Waals surface area (Å²) in [6.07, 6.45) is 4.99. The molecule has 1 atom stereocenters. The normalized spacial score (nSPS) is 19.1. The van der Waals surface area contributed by atoms with Gasteiger partial charge in [0.05, 0.1) is 6.54 Å². The van der Waals surface area contributed by atoms with Gasteiger partial charge < -0.3 is 16.2 Å². The number of nitrogens with zero attached hydrogens (tertiary/aromatic N) is 1. The molecular weight excluding hydrogens is 278 g/mol. The number of piperidine rings is 1. The minimum atomic E-state index is -0.0199. The number of likely N-dealkylation sites (tertiary alicyclic amines) is 1. The van der Waals surface area contributed by atoms with Crippen molar-refractivity contribution in [3.8, 4) is 0 Å². The fraction of sp³-hybridized carbons (Fsp3) is 0.588. The second-order valence-corrected chi connectivity index (χ2v) is 5.95. The third-order valence-corrected chi connectivity index (χ3v) is 4.37. The smallest absolute Gasteiger partial charge is 0.238 e. The first-order chi connectivity index (χ1) is 10.6. The molecule has 5 nitrogen and oxygen atoms in total. The van der Waals surface area contributed by atoms with E-state index in [-0.39, 0.29) is 12.5 Å². The number of hydrogen-bond acceptors (Lipinski definition) is 4. The molecule has 1 heterocycles. The van der Waals surface area contributed by atoms with E-state index in [1.54, 1.807) is 0 Å². The van der Waals surface area contributed by atoms with Crippen LogP contribution in [0.1, 0.15) is 38.2 Å². The number of rotatable bonds is 6. The summed E-state index contributed by atoms with van der Waals surface area (Å²) < 4.78 is 0. The van der Waals surface area contributed by atoms with Gasteiger partial charge in [0.15, 0.2) is 0 Å². The van der Waals surface area contributed by atoms with Crippen molar-refractivity contribution < 1.29 is 9.90 Å². The summed E-state index contributed by atoms with van der Waals surface area (Å²) in [4.78, 5) is 14.4. The number of aliphatic hydroxyl groups excluding tert-OH is 1. The molecule has 1 aliphatic rings. The molecule has 1 unspecified atom stereocenters. The predicted octanol–water partition coefficient (Wildman–Crippen LogP) is 2.01. The first-order valence-corrected chi connectivity index (χ1v) is 8.17. The molecule has 1 fully saturated rings. The zero-order valence-corrected chi connectivity index (χ0v) is 13.3. The topological polar surface area (TPSA) is 78.6 Å². The summed E-state index contributed by atoms with van der Waals surface area (Å²) in [6.45, 7) is 3.54. The van der Waals surface area contributed by atoms with E-state index in [1.807, 2.05) is 18.2 Å². The standard InChI is InChI=1S/C17H27N3O2/c1-2-13-6-7-14(11-16(13)18)19-17(22)12-20-9-4-3-5-15(20)8-10-21/h6-7,11,15,21H,2-5,8-10,12,18H2,1H3,(H,19,22). The molecule has 0 aliphatic carbocycles. The lowest BCUT2D eigenvalue weighted by Gasteiger charge is -2.34. The highest BCUT2D eigenvalue weighted by Gasteiger charge is 2.23. The Labute approximate surface area is 132 Å². The number of nitrogens with one attached hydrogen (secondary N) is 1. The second-order valence-electron chi connectivity index (χ2n) is 5.95. The van der Waals surface area contributed by atoms with E-state index in [2.05, 4.69) is 17.1 Å². The molecule has 1 saturated heterocycles. The first-order valence-electron chi connectivity index (χ1n) is 8.17. The van der Waals surface area contributed by atoms with E-state index < -0.39 is 0 Å². The number of nitrogen functional groups attached to an aromatic ring is 1. The van der Waals surface area contributed by atoms with Gasteiger partial charge >= 0.3 is 0 Å². The van der Waals surface area contributed by atoms with Crippen LogP contribution in [0.2, 0.25) is 0 Å². The maximum atomic E-state index is 12.2. The fourth-order valence-electron chi connectivity index (χ4n) is 3.12. The van der Waals surface area contributed by atoms with E-state index in [9.17, 15) is 4.79 Å². The van der Waals surface area contributed by atoms with E-state index in [0.29, 0.717) is 12.6 Å². The third kappa shape index (κ3) is 4.45. The van der Waals surface area contributed by atoms with E-state index in [0.717, 1.165) is 49.2 Å². The van der Waals surface area contributed by atoms with Crippen LogP contribution >= 0.6 is 0 Å². The molecule has 1 amide bonds. The Morgan fingerprint density at radius 3 is 2.95 bits per heavy atom. The summed E-state index contributed by atoms with van der Waals surface area (Å²) in [5.74, 6) is -0.0199. The average molecular weight is 305 g/mol. The van der Waals surface area contributed by atoms with Gasteiger partial charge in [-0.25, -0.2) is 0 Å². The Bertz CT molecular complexity index is 503. The van der Waals surface area contributed by atoms with Crippen LogP contribution in [0.25, 0.3) is 0 Å². The molecule has 22 heavy (non-hydrogen) atoms. The van der Waals surface area contributed by atoms with Gasteiger partial charge in [-0.3, -0.25) is 9.69 Å². The molecule has 0 bridgehead atoms. The molecule has 2 rings (SSSR count). The number of hydrogen-bond donors (Lipinski definition) is 3. The molecule has 1 aliphatic heterocycles. The molecule has 122 valence electrons. The second kappa shape index (κ2) is 8.15. The van der Waals surface area contributed by atoms with Crippen LogP contribution in [-0.4, -0.2) is 41.7 Å². The molecule has 5 heteroatoms. The largest absolute Gasteiger partial charge is 0.398 e. The summed E-state index contributed by atoms with van der Waals surface area (Å²) in [7, 11) is 0. The van der Waals surface area contributed by atoms with Crippen molar-refractivity contribution in [3.63, 3.8) is 0 Å². The predicted molar refractivity (Wildman–Crippen MR) is 89.8 cm³/mol. The number of amides is 1. The maximum absolute atomic E-state index is 12.2. The number of carbonyl (C=O) groups is 1. The molecule has 0 saturated carbocycles. The number of aliphatic hydroxyl groups is 1. The number of benzene rings is 1. The Morgan fingerprint density at radius 1 is 1.45 bits per heavy atom. The first kappa shape index (κ1) is 16.8. The Hall–Kier alpha value is -1.59. The molecule has 1 aromatic carbocycles. The number of nitrogens with two attached hydrogens (primary N) is 1. The van der Waals surface area contributed by atoms with E-state index >= 15 is 0 Å². The molecule has 0 spiro atoms. The Morgan fingerprint density at radius 2 is 2.27 bits per heavy atom. The molecule has 0 radical (unpaired) electrons. The van der Waals surface area contributed by atoms with Crippen molar-refractivity contribution in [2.45, 2.75) is 45.1 Å². The van der Waals surface area contributed by atoms with Crippen LogP contribution in [0.15, 0.2) is 18.2 Å². The minimum absolute atomic E-state index is 0.0199. The van der Waals surface area contributed by atoms with Gasteiger partial charge in [-0.15, -0.1) is 0 Å². The molecule has 1 aromatic rings. The van der Waals surface area contributed by atoms with Gasteiger partial charge in [-0.1, -0.05) is 19.4 Å². The van der Waals surface area contributed by atoms with Gasteiger partial charge in [-0.2, -0.15) is 0 Å². The fourth-order valence-corrected chi connectivity index (χ4v) is 3.12. The summed E-state index contributed by atoms with van der Waals surface area (Å²) in [5.41, 5.74) is 8.52. The lowest BCUT2D eigenvalue weighted by molar-refractivity contribution is -0.118. The third-order valence-electron chi connectivity index (χ3n) is 4.37. The SMILES string of the molecule is CCc1ccc(NC(=O)CN2CCCCC2CCO)cc1N. The van der Waals surface area contributed by atoms with E-state index in [4.69, 9.17) is 10.8 Å². The highest BCUT2D eigenvalue weighted by molar-refractivity contribution is 5.92. The number of aryl methyl sites for hydroxylation is 1. The van der Waals surface area contributed by atoms with Gasteiger partial charge in [0.2, 0.25) is 5.91 Å². The number of carbonyl (C=O) groups excluding carboxylic acids is 1. The van der Waals surface area contributed by atoms with Crippen LogP contribution in [0.3, 0.4) is 0 Å². The van der Waals surface area contributed by atoms with Crippen molar-refractivity contribution in [2.24, 2.45) is 0 Å². The van der Waals surface area contributed by atoms with Crippen LogP contribution < -0.4 is 11.1 Å². The van der Waals surface area contributed by atoms with Gasteiger partial charge in [0, 0.05) is 24.0 Å². The summed E-state index contributed by atoms with van der Waals surface area (Å²) >= 11 is 0. The van der Waals surface area contributed by atoms with E-state index in [1.165, 1.54) is 6.42 Å². The van der Waals surface area contributed by atoms with Gasteiger partial charge in [-0.05, 0) is 49.9 Å². The summed E-state index contributed by atoms with van der Waals surface area (Å²) in [6, 6.07) is 5.99. The Balaban J connectivity index is 1.92. The van der Waals surface area contributed by atoms with Crippen LogP contribution in [-0.2, 0) is 11.2 Å². The van der Waals surface area contributed by atoms with Gasteiger partial charge in [0.1, 0.15) is 0 Å². The lowest BCUT2D eigenvalue weighted by Crippen LogP contribution is -2.44. The minimum Gasteiger partial charge on any atom is -0.398 e. The van der Waals surface area contributed by atoms with Crippen molar-refractivity contribution in [2.75, 3.05) is 30.7 Å². The highest BCUT2D eigenvalue weighted by Crippen LogP contribution is 2.21. The van der Waals surface area contributed by atoms with Crippen molar-refractivity contribution in [1.29, 1.82) is 0 Å². The quantitative estimate of drug-likeness (QED) is 0.703.